The summed E-state index contributed by atoms with van der Waals surface area (Å²) in [6.45, 7) is 3.75. The Morgan fingerprint density at radius 1 is 1.62 bits per heavy atom. The molecule has 2 rings (SSSR count). The molecule has 1 aromatic heterocycles. The van der Waals surface area contributed by atoms with Gasteiger partial charge in [-0.15, -0.1) is 34.5 Å². The van der Waals surface area contributed by atoms with Gasteiger partial charge in [0, 0.05) is 4.88 Å². The van der Waals surface area contributed by atoms with Gasteiger partial charge in [0.1, 0.15) is 4.33 Å². The molecule has 2 nitrogen and oxygen atoms in total. The standard InChI is InChI=1S/C11H13Cl2NOS/c1-7(8-4-3-5-16-8)14-9(15)10(2)6-11(10,12)13/h3-5,7H,6H2,1-2H3,(H,14,15)/t7-,10+/m1/s1. The molecular weight excluding hydrogens is 265 g/mol. The van der Waals surface area contributed by atoms with Crippen LogP contribution in [-0.2, 0) is 4.79 Å². The first-order chi connectivity index (χ1) is 7.37. The normalized spacial score (nSPS) is 28.5. The van der Waals surface area contributed by atoms with Crippen molar-refractivity contribution < 1.29 is 4.79 Å². The highest BCUT2D eigenvalue weighted by Crippen LogP contribution is 2.63. The lowest BCUT2D eigenvalue weighted by atomic mass is 10.1. The first-order valence-corrected chi connectivity index (χ1v) is 6.72. The predicted octanol–water partition coefficient (Wildman–Crippen LogP) is 3.51. The first kappa shape index (κ1) is 12.2. The van der Waals surface area contributed by atoms with Crippen molar-refractivity contribution in [1.82, 2.24) is 5.32 Å². The summed E-state index contributed by atoms with van der Waals surface area (Å²) < 4.78 is -0.897. The van der Waals surface area contributed by atoms with Crippen molar-refractivity contribution in [3.63, 3.8) is 0 Å². The Bertz CT molecular complexity index is 404. The van der Waals surface area contributed by atoms with E-state index in [1.54, 1.807) is 18.3 Å². The summed E-state index contributed by atoms with van der Waals surface area (Å²) in [7, 11) is 0. The third-order valence-corrected chi connectivity index (χ3v) is 5.23. The molecule has 0 bridgehead atoms. The van der Waals surface area contributed by atoms with Crippen LogP contribution in [0.15, 0.2) is 17.5 Å². The second-order valence-electron chi connectivity index (χ2n) is 4.42. The van der Waals surface area contributed by atoms with Crippen LogP contribution >= 0.6 is 34.5 Å². The second kappa shape index (κ2) is 3.90. The monoisotopic (exact) mass is 277 g/mol. The summed E-state index contributed by atoms with van der Waals surface area (Å²) in [6.07, 6.45) is 0.520. The fourth-order valence-corrected chi connectivity index (χ4v) is 3.05. The highest BCUT2D eigenvalue weighted by atomic mass is 35.5. The van der Waals surface area contributed by atoms with Crippen molar-refractivity contribution in [2.45, 2.75) is 30.6 Å². The van der Waals surface area contributed by atoms with Crippen LogP contribution in [0.1, 0.15) is 31.2 Å². The SMILES string of the molecule is C[C@@H](NC(=O)[C@]1(C)CC1(Cl)Cl)c1cccs1. The van der Waals surface area contributed by atoms with E-state index in [4.69, 9.17) is 23.2 Å². The maximum absolute atomic E-state index is 12.0. The fourth-order valence-electron chi connectivity index (χ4n) is 1.61. The van der Waals surface area contributed by atoms with Gasteiger partial charge >= 0.3 is 0 Å². The Labute approximate surface area is 109 Å². The van der Waals surface area contributed by atoms with Gasteiger partial charge in [-0.2, -0.15) is 0 Å². The Kier molecular flexibility index (Phi) is 2.97. The Morgan fingerprint density at radius 2 is 2.25 bits per heavy atom. The number of carbonyl (C=O) groups excluding carboxylic acids is 1. The van der Waals surface area contributed by atoms with Crippen LogP contribution in [0.3, 0.4) is 0 Å². The third-order valence-electron chi connectivity index (χ3n) is 3.08. The first-order valence-electron chi connectivity index (χ1n) is 5.09. The molecule has 2 atom stereocenters. The van der Waals surface area contributed by atoms with Gasteiger partial charge < -0.3 is 5.32 Å². The smallest absolute Gasteiger partial charge is 0.229 e. The molecule has 0 saturated heterocycles. The van der Waals surface area contributed by atoms with Crippen LogP contribution < -0.4 is 5.32 Å². The molecular formula is C11H13Cl2NOS. The van der Waals surface area contributed by atoms with Crippen LogP contribution in [0, 0.1) is 5.41 Å². The molecule has 0 aliphatic heterocycles. The number of hydrogen-bond acceptors (Lipinski definition) is 2. The van der Waals surface area contributed by atoms with Gasteiger partial charge in [-0.05, 0) is 31.7 Å². The molecule has 1 aliphatic rings. The van der Waals surface area contributed by atoms with E-state index >= 15 is 0 Å². The lowest BCUT2D eigenvalue weighted by Gasteiger charge is -2.17. The predicted molar refractivity (Wildman–Crippen MR) is 68.0 cm³/mol. The minimum Gasteiger partial charge on any atom is -0.348 e. The van der Waals surface area contributed by atoms with Crippen molar-refractivity contribution in [2.75, 3.05) is 0 Å². The lowest BCUT2D eigenvalue weighted by molar-refractivity contribution is -0.126. The van der Waals surface area contributed by atoms with Crippen LogP contribution in [0.25, 0.3) is 0 Å². The number of alkyl halides is 2. The van der Waals surface area contributed by atoms with Crippen LogP contribution in [0.2, 0.25) is 0 Å². The van der Waals surface area contributed by atoms with Gasteiger partial charge in [-0.1, -0.05) is 6.07 Å². The number of nitrogens with one attached hydrogen (secondary N) is 1. The Morgan fingerprint density at radius 3 is 2.69 bits per heavy atom. The van der Waals surface area contributed by atoms with E-state index in [-0.39, 0.29) is 11.9 Å². The van der Waals surface area contributed by atoms with Crippen molar-refractivity contribution >= 4 is 40.4 Å². The summed E-state index contributed by atoms with van der Waals surface area (Å²) in [6, 6.07) is 3.98. The van der Waals surface area contributed by atoms with Crippen LogP contribution in [0.5, 0.6) is 0 Å². The highest BCUT2D eigenvalue weighted by molar-refractivity contribution is 7.10. The Balaban J connectivity index is 1.99. The zero-order valence-corrected chi connectivity index (χ0v) is 11.4. The summed E-state index contributed by atoms with van der Waals surface area (Å²) in [4.78, 5) is 13.1. The second-order valence-corrected chi connectivity index (χ2v) is 6.89. The molecule has 5 heteroatoms. The maximum Gasteiger partial charge on any atom is 0.229 e. The maximum atomic E-state index is 12.0. The summed E-state index contributed by atoms with van der Waals surface area (Å²) in [5, 5.41) is 4.93. The number of carbonyl (C=O) groups is 1. The lowest BCUT2D eigenvalue weighted by Crippen LogP contribution is -2.34. The Hall–Kier alpha value is -0.250. The van der Waals surface area contributed by atoms with Crippen molar-refractivity contribution in [2.24, 2.45) is 5.41 Å². The van der Waals surface area contributed by atoms with Gasteiger partial charge in [-0.3, -0.25) is 4.79 Å². The van der Waals surface area contributed by atoms with Crippen molar-refractivity contribution in [3.8, 4) is 0 Å². The quantitative estimate of drug-likeness (QED) is 0.842. The van der Waals surface area contributed by atoms with Crippen LogP contribution in [-0.4, -0.2) is 10.2 Å². The number of hydrogen-bond donors (Lipinski definition) is 1. The van der Waals surface area contributed by atoms with Gasteiger partial charge in [0.2, 0.25) is 5.91 Å². The molecule has 1 amide bonds. The molecule has 1 saturated carbocycles. The van der Waals surface area contributed by atoms with E-state index in [1.165, 1.54) is 0 Å². The van der Waals surface area contributed by atoms with Gasteiger partial charge in [0.15, 0.2) is 0 Å². The molecule has 1 N–H and O–H groups in total. The highest BCUT2D eigenvalue weighted by Gasteiger charge is 2.67. The van der Waals surface area contributed by atoms with Gasteiger partial charge in [0.25, 0.3) is 0 Å². The number of rotatable bonds is 3. The molecule has 88 valence electrons. The number of halogens is 2. The fraction of sp³-hybridized carbons (Fsp3) is 0.545. The van der Waals surface area contributed by atoms with E-state index in [0.29, 0.717) is 6.42 Å². The topological polar surface area (TPSA) is 29.1 Å². The average Bonchev–Trinajstić information content (AvgIpc) is 2.63. The van der Waals surface area contributed by atoms with Gasteiger partial charge in [0.05, 0.1) is 11.5 Å². The summed E-state index contributed by atoms with van der Waals surface area (Å²) in [5.74, 6) is -0.0709. The third kappa shape index (κ3) is 1.96. The van der Waals surface area contributed by atoms with Gasteiger partial charge in [-0.25, -0.2) is 0 Å². The zero-order chi connectivity index (χ0) is 12.0. The van der Waals surface area contributed by atoms with Crippen molar-refractivity contribution in [1.29, 1.82) is 0 Å². The van der Waals surface area contributed by atoms with Crippen molar-refractivity contribution in [3.05, 3.63) is 22.4 Å². The van der Waals surface area contributed by atoms with E-state index in [0.717, 1.165) is 4.88 Å². The molecule has 0 aromatic carbocycles. The van der Waals surface area contributed by atoms with E-state index in [2.05, 4.69) is 5.32 Å². The minimum atomic E-state index is -0.897. The molecule has 1 fully saturated rings. The largest absolute Gasteiger partial charge is 0.348 e. The number of thiophene rings is 1. The van der Waals surface area contributed by atoms with E-state index in [9.17, 15) is 4.79 Å². The summed E-state index contributed by atoms with van der Waals surface area (Å²) in [5.41, 5.74) is -0.637. The molecule has 1 aliphatic carbocycles. The molecule has 0 spiro atoms. The zero-order valence-electron chi connectivity index (χ0n) is 9.09. The van der Waals surface area contributed by atoms with E-state index < -0.39 is 9.75 Å². The van der Waals surface area contributed by atoms with Crippen LogP contribution in [0.4, 0.5) is 0 Å². The summed E-state index contributed by atoms with van der Waals surface area (Å²) >= 11 is 13.5. The molecule has 16 heavy (non-hydrogen) atoms. The minimum absolute atomic E-state index is 0.00839. The van der Waals surface area contributed by atoms with E-state index in [1.807, 2.05) is 24.4 Å². The molecule has 0 unspecified atom stereocenters. The average molecular weight is 278 g/mol. The number of amides is 1. The molecule has 1 aromatic rings. The molecule has 0 radical (unpaired) electrons. The molecule has 1 heterocycles.